The Labute approximate surface area is 179 Å². The van der Waals surface area contributed by atoms with Crippen molar-refractivity contribution < 1.29 is 28.9 Å². The van der Waals surface area contributed by atoms with Crippen molar-refractivity contribution in [2.24, 2.45) is 5.41 Å². The van der Waals surface area contributed by atoms with Crippen LogP contribution in [0.2, 0.25) is 0 Å². The van der Waals surface area contributed by atoms with E-state index in [9.17, 15) is 14.7 Å². The molecule has 0 fully saturated rings. The minimum atomic E-state index is -0.672. The zero-order chi connectivity index (χ0) is 23.1. The molecule has 0 aliphatic heterocycles. The number of nitrogens with one attached hydrogen (secondary N) is 1. The SMILES string of the molecule is COc1cc(/C=C/[C@@H](C)O)c(CCNC(=O)OC(C)(C)C)cc1OC(=O)C(C)(C)C. The molecule has 1 aromatic rings. The maximum absolute atomic E-state index is 12.4. The lowest BCUT2D eigenvalue weighted by Crippen LogP contribution is -2.33. The van der Waals surface area contributed by atoms with Gasteiger partial charge in [0.05, 0.1) is 18.6 Å². The number of methoxy groups -OCH3 is 1. The highest BCUT2D eigenvalue weighted by Crippen LogP contribution is 2.33. The highest BCUT2D eigenvalue weighted by atomic mass is 16.6. The van der Waals surface area contributed by atoms with Crippen molar-refractivity contribution in [3.63, 3.8) is 0 Å². The molecule has 0 aromatic heterocycles. The Balaban J connectivity index is 3.13. The van der Waals surface area contributed by atoms with Gasteiger partial charge in [-0.1, -0.05) is 12.2 Å². The summed E-state index contributed by atoms with van der Waals surface area (Å²) >= 11 is 0. The zero-order valence-electron chi connectivity index (χ0n) is 19.3. The fraction of sp³-hybridized carbons (Fsp3) is 0.565. The lowest BCUT2D eigenvalue weighted by molar-refractivity contribution is -0.143. The van der Waals surface area contributed by atoms with E-state index in [0.29, 0.717) is 24.5 Å². The fourth-order valence-corrected chi connectivity index (χ4v) is 2.34. The van der Waals surface area contributed by atoms with Crippen LogP contribution in [0.1, 0.15) is 59.6 Å². The molecule has 1 aromatic carbocycles. The number of hydrogen-bond acceptors (Lipinski definition) is 6. The van der Waals surface area contributed by atoms with Gasteiger partial charge in [0.15, 0.2) is 11.5 Å². The van der Waals surface area contributed by atoms with Crippen molar-refractivity contribution in [3.8, 4) is 11.5 Å². The molecule has 2 N–H and O–H groups in total. The van der Waals surface area contributed by atoms with Crippen LogP contribution in [0.25, 0.3) is 6.08 Å². The van der Waals surface area contributed by atoms with Gasteiger partial charge in [-0.2, -0.15) is 0 Å². The number of amides is 1. The molecule has 30 heavy (non-hydrogen) atoms. The number of rotatable bonds is 7. The monoisotopic (exact) mass is 421 g/mol. The summed E-state index contributed by atoms with van der Waals surface area (Å²) in [4.78, 5) is 24.3. The standard InChI is InChI=1S/C23H35NO6/c1-15(25)9-10-16-13-18(28-8)19(29-20(26)22(2,3)4)14-17(16)11-12-24-21(27)30-23(5,6)7/h9-10,13-15,25H,11-12H2,1-8H3,(H,24,27)/b10-9+/t15-/m1/s1. The largest absolute Gasteiger partial charge is 0.493 e. The number of carbonyl (C=O) groups excluding carboxylic acids is 2. The van der Waals surface area contributed by atoms with E-state index < -0.39 is 23.2 Å². The lowest BCUT2D eigenvalue weighted by atomic mass is 9.97. The number of aliphatic hydroxyl groups is 1. The molecule has 1 amide bonds. The van der Waals surface area contributed by atoms with Gasteiger partial charge in [0.1, 0.15) is 5.60 Å². The van der Waals surface area contributed by atoms with E-state index in [0.717, 1.165) is 11.1 Å². The Hall–Kier alpha value is -2.54. The zero-order valence-corrected chi connectivity index (χ0v) is 19.3. The number of ether oxygens (including phenoxy) is 3. The summed E-state index contributed by atoms with van der Waals surface area (Å²) in [6.45, 7) is 12.7. The molecule has 0 aliphatic rings. The number of esters is 1. The first-order chi connectivity index (χ1) is 13.7. The summed E-state index contributed by atoms with van der Waals surface area (Å²) in [5.74, 6) is 0.325. The molecule has 168 valence electrons. The average molecular weight is 422 g/mol. The summed E-state index contributed by atoms with van der Waals surface area (Å²) in [7, 11) is 1.50. The second-order valence-electron chi connectivity index (χ2n) is 9.12. The van der Waals surface area contributed by atoms with Crippen LogP contribution < -0.4 is 14.8 Å². The molecule has 0 heterocycles. The van der Waals surface area contributed by atoms with Crippen LogP contribution in [0.4, 0.5) is 4.79 Å². The first-order valence-electron chi connectivity index (χ1n) is 9.99. The minimum absolute atomic E-state index is 0.305. The minimum Gasteiger partial charge on any atom is -0.493 e. The number of hydrogen-bond donors (Lipinski definition) is 2. The smallest absolute Gasteiger partial charge is 0.407 e. The molecule has 0 spiro atoms. The summed E-state index contributed by atoms with van der Waals surface area (Å²) in [6, 6.07) is 3.47. The van der Waals surface area contributed by atoms with Crippen LogP contribution in [0, 0.1) is 5.41 Å². The summed E-state index contributed by atoms with van der Waals surface area (Å²) in [5.41, 5.74) is 0.354. The lowest BCUT2D eigenvalue weighted by Gasteiger charge is -2.20. The van der Waals surface area contributed by atoms with E-state index >= 15 is 0 Å². The maximum Gasteiger partial charge on any atom is 0.407 e. The van der Waals surface area contributed by atoms with Gasteiger partial charge in [0, 0.05) is 6.54 Å². The predicted molar refractivity (Wildman–Crippen MR) is 117 cm³/mol. The molecule has 0 bridgehead atoms. The van der Waals surface area contributed by atoms with Crippen LogP contribution in [-0.2, 0) is 16.0 Å². The molecule has 0 aliphatic carbocycles. The van der Waals surface area contributed by atoms with Crippen molar-refractivity contribution in [2.45, 2.75) is 66.6 Å². The summed E-state index contributed by atoms with van der Waals surface area (Å²) < 4.78 is 16.2. The second-order valence-corrected chi connectivity index (χ2v) is 9.12. The van der Waals surface area contributed by atoms with Gasteiger partial charge in [-0.05, 0) is 78.1 Å². The molecule has 0 saturated carbocycles. The van der Waals surface area contributed by atoms with Crippen molar-refractivity contribution in [3.05, 3.63) is 29.3 Å². The van der Waals surface area contributed by atoms with Gasteiger partial charge in [-0.15, -0.1) is 0 Å². The fourth-order valence-electron chi connectivity index (χ4n) is 2.34. The van der Waals surface area contributed by atoms with Crippen LogP contribution in [0.3, 0.4) is 0 Å². The second kappa shape index (κ2) is 10.5. The molecular formula is C23H35NO6. The third-order valence-electron chi connectivity index (χ3n) is 3.86. The number of alkyl carbamates (subject to hydrolysis) is 1. The molecule has 1 rings (SSSR count). The first kappa shape index (κ1) is 25.5. The normalized spacial score (nSPS) is 13.1. The van der Waals surface area contributed by atoms with E-state index in [1.54, 1.807) is 72.8 Å². The van der Waals surface area contributed by atoms with Gasteiger partial charge < -0.3 is 24.6 Å². The van der Waals surface area contributed by atoms with Crippen LogP contribution in [-0.4, -0.2) is 42.5 Å². The Morgan fingerprint density at radius 3 is 2.27 bits per heavy atom. The highest BCUT2D eigenvalue weighted by Gasteiger charge is 2.25. The number of benzene rings is 1. The van der Waals surface area contributed by atoms with Crippen LogP contribution in [0.5, 0.6) is 11.5 Å². The van der Waals surface area contributed by atoms with Gasteiger partial charge in [-0.3, -0.25) is 4.79 Å². The van der Waals surface area contributed by atoms with Gasteiger partial charge in [-0.25, -0.2) is 4.79 Å². The Morgan fingerprint density at radius 1 is 1.13 bits per heavy atom. The Kier molecular flexibility index (Phi) is 8.90. The third-order valence-corrected chi connectivity index (χ3v) is 3.86. The van der Waals surface area contributed by atoms with Crippen LogP contribution in [0.15, 0.2) is 18.2 Å². The third kappa shape index (κ3) is 8.86. The van der Waals surface area contributed by atoms with Crippen LogP contribution >= 0.6 is 0 Å². The highest BCUT2D eigenvalue weighted by molar-refractivity contribution is 5.79. The van der Waals surface area contributed by atoms with Crippen molar-refractivity contribution >= 4 is 18.1 Å². The number of aliphatic hydroxyl groups excluding tert-OH is 1. The van der Waals surface area contributed by atoms with Crippen molar-refractivity contribution in [1.29, 1.82) is 0 Å². The van der Waals surface area contributed by atoms with Gasteiger partial charge in [0.25, 0.3) is 0 Å². The Morgan fingerprint density at radius 2 is 1.77 bits per heavy atom. The van der Waals surface area contributed by atoms with Gasteiger partial charge >= 0.3 is 12.1 Å². The van der Waals surface area contributed by atoms with E-state index in [4.69, 9.17) is 14.2 Å². The Bertz CT molecular complexity index is 769. The topological polar surface area (TPSA) is 94.1 Å². The molecule has 0 unspecified atom stereocenters. The van der Waals surface area contributed by atoms with Crippen molar-refractivity contribution in [2.75, 3.05) is 13.7 Å². The average Bonchev–Trinajstić information content (AvgIpc) is 2.58. The quantitative estimate of drug-likeness (QED) is 0.508. The molecular weight excluding hydrogens is 386 g/mol. The first-order valence-corrected chi connectivity index (χ1v) is 9.99. The molecule has 7 nitrogen and oxygen atoms in total. The van der Waals surface area contributed by atoms with E-state index in [-0.39, 0.29) is 5.97 Å². The molecule has 0 saturated heterocycles. The number of carbonyl (C=O) groups is 2. The van der Waals surface area contributed by atoms with E-state index in [1.165, 1.54) is 7.11 Å². The molecule has 0 radical (unpaired) electrons. The summed E-state index contributed by atoms with van der Waals surface area (Å²) in [6.07, 6.45) is 2.74. The van der Waals surface area contributed by atoms with E-state index in [2.05, 4.69) is 5.32 Å². The molecule has 7 heteroatoms. The predicted octanol–water partition coefficient (Wildman–Crippen LogP) is 4.11. The maximum atomic E-state index is 12.4. The van der Waals surface area contributed by atoms with Gasteiger partial charge in [0.2, 0.25) is 0 Å². The molecule has 1 atom stereocenters. The summed E-state index contributed by atoms with van der Waals surface area (Å²) in [5, 5.41) is 12.3. The van der Waals surface area contributed by atoms with E-state index in [1.807, 2.05) is 0 Å². The van der Waals surface area contributed by atoms with Crippen molar-refractivity contribution in [1.82, 2.24) is 5.32 Å².